The number of pyridine rings is 1. The normalized spacial score (nSPS) is 15.7. The van der Waals surface area contributed by atoms with Gasteiger partial charge in [-0.25, -0.2) is 8.78 Å². The lowest BCUT2D eigenvalue weighted by molar-refractivity contribution is -0.662. The molecule has 0 radical (unpaired) electrons. The predicted molar refractivity (Wildman–Crippen MR) is 142 cm³/mol. The summed E-state index contributed by atoms with van der Waals surface area (Å²) in [5.41, 5.74) is 2.07. The zero-order chi connectivity index (χ0) is 31.1. The summed E-state index contributed by atoms with van der Waals surface area (Å²) < 4.78 is 94.9. The maximum absolute atomic E-state index is 15.6. The van der Waals surface area contributed by atoms with E-state index in [2.05, 4.69) is 0 Å². The smallest absolute Gasteiger partial charge is 0.216 e. The summed E-state index contributed by atoms with van der Waals surface area (Å²) in [4.78, 5) is 0. The zero-order valence-electron chi connectivity index (χ0n) is 26.6. The highest BCUT2D eigenvalue weighted by molar-refractivity contribution is 6.15. The van der Waals surface area contributed by atoms with Gasteiger partial charge in [0.05, 0.1) is 11.1 Å². The number of nitrogens with zero attached hydrogens (tertiary/aromatic N) is 1. The van der Waals surface area contributed by atoms with Crippen LogP contribution in [0.2, 0.25) is 0 Å². The third-order valence-corrected chi connectivity index (χ3v) is 6.78. The Bertz CT molecular complexity index is 2060. The van der Waals surface area contributed by atoms with E-state index in [4.69, 9.17) is 14.0 Å². The van der Waals surface area contributed by atoms with Gasteiger partial charge >= 0.3 is 0 Å². The summed E-state index contributed by atoms with van der Waals surface area (Å²) in [6, 6.07) is 21.0. The molecule has 0 saturated heterocycles. The second kappa shape index (κ2) is 8.27. The molecule has 0 fully saturated rings. The van der Waals surface area contributed by atoms with Crippen molar-refractivity contribution >= 4 is 32.7 Å². The Labute approximate surface area is 218 Å². The van der Waals surface area contributed by atoms with Crippen LogP contribution >= 0.6 is 0 Å². The van der Waals surface area contributed by atoms with E-state index in [1.165, 1.54) is 17.7 Å². The fourth-order valence-electron chi connectivity index (χ4n) is 5.05. The minimum atomic E-state index is -3.37. The molecule has 0 N–H and O–H groups in total. The number of rotatable bonds is 3. The monoisotopic (exact) mass is 485 g/mol. The molecule has 4 heteroatoms. The van der Waals surface area contributed by atoms with E-state index in [1.807, 2.05) is 48.5 Å². The van der Waals surface area contributed by atoms with Gasteiger partial charge in [0, 0.05) is 32.0 Å². The summed E-state index contributed by atoms with van der Waals surface area (Å²) in [5.74, 6) is -4.86. The van der Waals surface area contributed by atoms with E-state index in [0.717, 1.165) is 23.0 Å². The molecule has 0 spiro atoms. The van der Waals surface area contributed by atoms with Crippen molar-refractivity contribution in [2.45, 2.75) is 26.5 Å². The zero-order valence-corrected chi connectivity index (χ0v) is 19.6. The molecule has 0 saturated carbocycles. The van der Waals surface area contributed by atoms with Crippen molar-refractivity contribution in [3.63, 3.8) is 0 Å². The maximum atomic E-state index is 15.6. The summed E-state index contributed by atoms with van der Waals surface area (Å²) >= 11 is 0. The van der Waals surface area contributed by atoms with E-state index in [1.54, 1.807) is 19.1 Å². The van der Waals surface area contributed by atoms with Crippen LogP contribution in [0.1, 0.15) is 40.3 Å². The molecule has 0 aliphatic carbocycles. The van der Waals surface area contributed by atoms with E-state index in [-0.39, 0.29) is 11.3 Å². The highest BCUT2D eigenvalue weighted by Gasteiger charge is 2.25. The van der Waals surface area contributed by atoms with Crippen LogP contribution in [0.4, 0.5) is 8.78 Å². The van der Waals surface area contributed by atoms with Crippen molar-refractivity contribution in [3.8, 4) is 22.4 Å². The molecule has 4 aromatic carbocycles. The lowest BCUT2D eigenvalue weighted by Crippen LogP contribution is -2.32. The Morgan fingerprint density at radius 1 is 0.833 bits per heavy atom. The first-order chi connectivity index (χ1) is 20.1. The largest absolute Gasteiger partial charge is 0.454 e. The molecule has 0 amide bonds. The Balaban J connectivity index is 1.69. The molecule has 178 valence electrons. The van der Waals surface area contributed by atoms with Crippen LogP contribution in [-0.4, -0.2) is 0 Å². The summed E-state index contributed by atoms with van der Waals surface area (Å²) in [5, 5.41) is 3.03. The van der Waals surface area contributed by atoms with Crippen molar-refractivity contribution in [1.82, 2.24) is 0 Å². The lowest BCUT2D eigenvalue weighted by Gasteiger charge is -2.10. The van der Waals surface area contributed by atoms with Crippen LogP contribution in [0.25, 0.3) is 55.1 Å². The molecule has 0 bridgehead atoms. The molecule has 6 aromatic rings. The van der Waals surface area contributed by atoms with E-state index in [9.17, 15) is 0 Å². The topological polar surface area (TPSA) is 17.0 Å². The van der Waals surface area contributed by atoms with Crippen molar-refractivity contribution < 1.29 is 27.4 Å². The molecule has 0 atom stereocenters. The van der Waals surface area contributed by atoms with Crippen LogP contribution in [-0.2, 0) is 7.05 Å². The Kier molecular flexibility index (Phi) is 3.64. The van der Waals surface area contributed by atoms with Crippen molar-refractivity contribution in [3.05, 3.63) is 102 Å². The SMILES string of the molecule is [2H]C([2H])([2H])C([2H])(c1cc(-c2c(C)ccc3c2oc2c(-c4cccc5ccccc45)c(F)ccc23)[n+](C)cc1F)C([2H])([2H])[2H]. The van der Waals surface area contributed by atoms with E-state index in [0.29, 0.717) is 38.6 Å². The quantitative estimate of drug-likeness (QED) is 0.229. The van der Waals surface area contributed by atoms with E-state index >= 15 is 8.78 Å². The van der Waals surface area contributed by atoms with Gasteiger partial charge in [0.2, 0.25) is 11.9 Å². The van der Waals surface area contributed by atoms with Crippen molar-refractivity contribution in [1.29, 1.82) is 0 Å². The van der Waals surface area contributed by atoms with Crippen molar-refractivity contribution in [2.24, 2.45) is 7.05 Å². The molecule has 0 aliphatic rings. The first-order valence-electron chi connectivity index (χ1n) is 15.0. The number of hydrogen-bond donors (Lipinski definition) is 0. The highest BCUT2D eigenvalue weighted by Crippen LogP contribution is 2.43. The Hall–Kier alpha value is -4.05. The molecule has 2 heterocycles. The Morgan fingerprint density at radius 3 is 2.36 bits per heavy atom. The molecule has 2 aromatic heterocycles. The number of hydrogen-bond acceptors (Lipinski definition) is 1. The lowest BCUT2D eigenvalue weighted by atomic mass is 9.95. The van der Waals surface area contributed by atoms with Crippen LogP contribution in [0.3, 0.4) is 0 Å². The number of halogens is 2. The summed E-state index contributed by atoms with van der Waals surface area (Å²) in [7, 11) is 1.53. The first-order valence-corrected chi connectivity index (χ1v) is 11.5. The van der Waals surface area contributed by atoms with Gasteiger partial charge in [0.15, 0.2) is 5.82 Å². The Morgan fingerprint density at radius 2 is 1.56 bits per heavy atom. The predicted octanol–water partition coefficient (Wildman–Crippen LogP) is 8.61. The van der Waals surface area contributed by atoms with Gasteiger partial charge in [-0.15, -0.1) is 0 Å². The maximum Gasteiger partial charge on any atom is 0.216 e. The van der Waals surface area contributed by atoms with Gasteiger partial charge < -0.3 is 4.42 Å². The van der Waals surface area contributed by atoms with Gasteiger partial charge in [-0.2, -0.15) is 4.57 Å². The highest BCUT2D eigenvalue weighted by atomic mass is 19.1. The number of aryl methyl sites for hydroxylation is 2. The average Bonchev–Trinajstić information content (AvgIpc) is 3.30. The minimum absolute atomic E-state index is 0.232. The van der Waals surface area contributed by atoms with Gasteiger partial charge in [-0.3, -0.25) is 0 Å². The number of furan rings is 1. The van der Waals surface area contributed by atoms with Crippen LogP contribution in [0, 0.1) is 18.6 Å². The van der Waals surface area contributed by atoms with Gasteiger partial charge in [-0.1, -0.05) is 68.3 Å². The standard InChI is InChI=1S/C32H26F2NO/c1-18(2)25-16-28(35(4)17-27(25)34)29-19(3)12-13-23-24-14-15-26(33)30(32(24)36-31(23)29)22-11-7-9-20-8-5-6-10-21(20)22/h5-18H,1-4H3/q+1/i1D3,2D3,18D. The van der Waals surface area contributed by atoms with Gasteiger partial charge in [0.1, 0.15) is 24.0 Å². The fourth-order valence-corrected chi connectivity index (χ4v) is 5.05. The number of aromatic nitrogens is 1. The molecule has 2 nitrogen and oxygen atoms in total. The van der Waals surface area contributed by atoms with Gasteiger partial charge in [-0.05, 0) is 46.8 Å². The van der Waals surface area contributed by atoms with Gasteiger partial charge in [0.25, 0.3) is 0 Å². The molecular weight excluding hydrogens is 452 g/mol. The summed E-state index contributed by atoms with van der Waals surface area (Å²) in [6.45, 7) is -4.97. The van der Waals surface area contributed by atoms with E-state index < -0.39 is 36.8 Å². The molecule has 36 heavy (non-hydrogen) atoms. The van der Waals surface area contributed by atoms with Crippen LogP contribution in [0.15, 0.2) is 83.4 Å². The first kappa shape index (κ1) is 15.8. The third-order valence-electron chi connectivity index (χ3n) is 6.78. The number of fused-ring (bicyclic) bond motifs is 4. The van der Waals surface area contributed by atoms with Crippen LogP contribution in [0.5, 0.6) is 0 Å². The number of benzene rings is 4. The fraction of sp³-hybridized carbons (Fsp3) is 0.156. The second-order valence-electron chi connectivity index (χ2n) is 8.97. The summed E-state index contributed by atoms with van der Waals surface area (Å²) in [6.07, 6.45) is 0.966. The van der Waals surface area contributed by atoms with Crippen molar-refractivity contribution in [2.75, 3.05) is 0 Å². The molecule has 6 rings (SSSR count). The molecular formula is C32H26F2NO+. The second-order valence-corrected chi connectivity index (χ2v) is 8.97. The minimum Gasteiger partial charge on any atom is -0.454 e. The van der Waals surface area contributed by atoms with Crippen LogP contribution < -0.4 is 4.57 Å². The third kappa shape index (κ3) is 3.32. The molecule has 0 aliphatic heterocycles. The molecule has 0 unspecified atom stereocenters. The average molecular weight is 486 g/mol.